The molecule has 188 valence electrons. The van der Waals surface area contributed by atoms with E-state index in [1.165, 1.54) is 43.8 Å². The van der Waals surface area contributed by atoms with Gasteiger partial charge in [-0.2, -0.15) is 13.2 Å². The third kappa shape index (κ3) is 4.31. The summed E-state index contributed by atoms with van der Waals surface area (Å²) in [5.41, 5.74) is -0.696. The van der Waals surface area contributed by atoms with Crippen LogP contribution in [0.4, 0.5) is 18.9 Å². The first-order valence-electron chi connectivity index (χ1n) is 10.4. The molecular formula is C25H19ClF3NO5S. The van der Waals surface area contributed by atoms with Crippen molar-refractivity contribution in [2.75, 3.05) is 19.1 Å². The summed E-state index contributed by atoms with van der Waals surface area (Å²) < 4.78 is 50.8. The van der Waals surface area contributed by atoms with Gasteiger partial charge >= 0.3 is 6.18 Å². The van der Waals surface area contributed by atoms with E-state index in [4.69, 9.17) is 21.1 Å². The Morgan fingerprint density at radius 1 is 1.08 bits per heavy atom. The molecule has 1 N–H and O–H groups in total. The summed E-state index contributed by atoms with van der Waals surface area (Å²) in [5.74, 6) is -2.43. The van der Waals surface area contributed by atoms with Crippen molar-refractivity contribution in [1.29, 1.82) is 0 Å². The lowest BCUT2D eigenvalue weighted by atomic mass is 9.97. The minimum absolute atomic E-state index is 0.0278. The SMILES string of the molecule is COc1cc(/C(O)=C2\C(=O)C(=O)N(c3cccc(C(F)(F)F)c3)C2c2sccc2C)c(OC)cc1Cl. The van der Waals surface area contributed by atoms with Crippen molar-refractivity contribution in [3.63, 3.8) is 0 Å². The largest absolute Gasteiger partial charge is 0.507 e. The maximum absolute atomic E-state index is 13.4. The second kappa shape index (κ2) is 9.51. The zero-order chi connectivity index (χ0) is 26.4. The van der Waals surface area contributed by atoms with Crippen LogP contribution in [-0.2, 0) is 15.8 Å². The molecule has 1 aliphatic heterocycles. The molecule has 0 aliphatic carbocycles. The first-order chi connectivity index (χ1) is 17.0. The lowest BCUT2D eigenvalue weighted by Crippen LogP contribution is -2.29. The molecule has 36 heavy (non-hydrogen) atoms. The van der Waals surface area contributed by atoms with Gasteiger partial charge in [0.1, 0.15) is 23.3 Å². The fourth-order valence-electron chi connectivity index (χ4n) is 4.03. The van der Waals surface area contributed by atoms with Crippen LogP contribution in [0, 0.1) is 6.92 Å². The van der Waals surface area contributed by atoms with Gasteiger partial charge < -0.3 is 14.6 Å². The number of amides is 1. The van der Waals surface area contributed by atoms with Crippen molar-refractivity contribution in [1.82, 2.24) is 0 Å². The first-order valence-corrected chi connectivity index (χ1v) is 11.7. The van der Waals surface area contributed by atoms with Gasteiger partial charge in [0.15, 0.2) is 0 Å². The van der Waals surface area contributed by atoms with Crippen LogP contribution in [0.3, 0.4) is 0 Å². The van der Waals surface area contributed by atoms with Gasteiger partial charge in [-0.25, -0.2) is 0 Å². The highest BCUT2D eigenvalue weighted by atomic mass is 35.5. The van der Waals surface area contributed by atoms with Crippen molar-refractivity contribution in [3.8, 4) is 11.5 Å². The minimum atomic E-state index is -4.66. The summed E-state index contributed by atoms with van der Waals surface area (Å²) >= 11 is 7.36. The minimum Gasteiger partial charge on any atom is -0.507 e. The van der Waals surface area contributed by atoms with Gasteiger partial charge in [-0.1, -0.05) is 17.7 Å². The van der Waals surface area contributed by atoms with Crippen LogP contribution in [0.15, 0.2) is 53.4 Å². The number of ether oxygens (including phenoxy) is 2. The molecule has 1 fully saturated rings. The smallest absolute Gasteiger partial charge is 0.416 e. The average Bonchev–Trinajstić information content (AvgIpc) is 3.38. The summed E-state index contributed by atoms with van der Waals surface area (Å²) in [4.78, 5) is 28.0. The molecule has 1 atom stereocenters. The van der Waals surface area contributed by atoms with E-state index in [1.54, 1.807) is 18.4 Å². The normalized spacial score (nSPS) is 17.5. The number of rotatable bonds is 5. The Bertz CT molecular complexity index is 1400. The van der Waals surface area contributed by atoms with Gasteiger partial charge in [0.25, 0.3) is 11.7 Å². The number of hydrogen-bond donors (Lipinski definition) is 1. The van der Waals surface area contributed by atoms with Crippen molar-refractivity contribution in [2.45, 2.75) is 19.1 Å². The average molecular weight is 538 g/mol. The van der Waals surface area contributed by atoms with Crippen LogP contribution in [0.1, 0.15) is 27.6 Å². The third-order valence-electron chi connectivity index (χ3n) is 5.78. The molecule has 1 saturated heterocycles. The second-order valence-corrected chi connectivity index (χ2v) is 9.23. The molecule has 6 nitrogen and oxygen atoms in total. The predicted octanol–water partition coefficient (Wildman–Crippen LogP) is 6.37. The highest BCUT2D eigenvalue weighted by Gasteiger charge is 2.48. The van der Waals surface area contributed by atoms with E-state index >= 15 is 0 Å². The van der Waals surface area contributed by atoms with Crippen molar-refractivity contribution in [2.24, 2.45) is 0 Å². The van der Waals surface area contributed by atoms with Gasteiger partial charge in [0.2, 0.25) is 0 Å². The number of halogens is 4. The number of anilines is 1. The van der Waals surface area contributed by atoms with Crippen LogP contribution in [0.25, 0.3) is 5.76 Å². The van der Waals surface area contributed by atoms with E-state index in [2.05, 4.69) is 0 Å². The number of nitrogens with zero attached hydrogens (tertiary/aromatic N) is 1. The summed E-state index contributed by atoms with van der Waals surface area (Å²) in [6, 6.07) is 7.43. The van der Waals surface area contributed by atoms with Gasteiger partial charge in [-0.3, -0.25) is 14.5 Å². The number of benzene rings is 2. The molecule has 0 radical (unpaired) electrons. The second-order valence-electron chi connectivity index (χ2n) is 7.87. The standard InChI is InChI=1S/C25H19ClF3NO5S/c1-12-7-8-36-23(12)20-19(21(31)15-10-18(35-3)16(26)11-17(15)34-2)22(32)24(33)30(20)14-6-4-5-13(9-14)25(27,28)29/h4-11,20,31H,1-3H3/b21-19+. The Kier molecular flexibility index (Phi) is 6.76. The Hall–Kier alpha value is -3.50. The van der Waals surface area contributed by atoms with Gasteiger partial charge in [0, 0.05) is 16.6 Å². The van der Waals surface area contributed by atoms with Gasteiger partial charge in [-0.05, 0) is 48.2 Å². The van der Waals surface area contributed by atoms with Crippen LogP contribution >= 0.6 is 22.9 Å². The molecule has 4 rings (SSSR count). The Morgan fingerprint density at radius 2 is 1.78 bits per heavy atom. The summed E-state index contributed by atoms with van der Waals surface area (Å²) in [6.45, 7) is 1.74. The number of carbonyl (C=O) groups is 2. The van der Waals surface area contributed by atoms with E-state index in [1.807, 2.05) is 0 Å². The molecule has 1 aliphatic rings. The Labute approximate surface area is 213 Å². The Morgan fingerprint density at radius 3 is 2.36 bits per heavy atom. The topological polar surface area (TPSA) is 76.1 Å². The molecule has 2 aromatic carbocycles. The van der Waals surface area contributed by atoms with Crippen LogP contribution < -0.4 is 14.4 Å². The van der Waals surface area contributed by atoms with Crippen molar-refractivity contribution in [3.05, 3.63) is 80.0 Å². The quantitative estimate of drug-likeness (QED) is 0.232. The molecule has 0 saturated carbocycles. The summed E-state index contributed by atoms with van der Waals surface area (Å²) in [7, 11) is 2.69. The Balaban J connectivity index is 2.00. The number of hydrogen-bond acceptors (Lipinski definition) is 6. The third-order valence-corrected chi connectivity index (χ3v) is 7.14. The lowest BCUT2D eigenvalue weighted by molar-refractivity contribution is -0.137. The fourth-order valence-corrected chi connectivity index (χ4v) is 5.29. The molecule has 0 spiro atoms. The van der Waals surface area contributed by atoms with E-state index in [-0.39, 0.29) is 33.3 Å². The number of carbonyl (C=O) groups excluding carboxylic acids is 2. The van der Waals surface area contributed by atoms with Gasteiger partial charge in [0.05, 0.1) is 35.9 Å². The highest BCUT2D eigenvalue weighted by Crippen LogP contribution is 2.47. The van der Waals surface area contributed by atoms with Gasteiger partial charge in [-0.15, -0.1) is 11.3 Å². The molecular weight excluding hydrogens is 519 g/mol. The monoisotopic (exact) mass is 537 g/mol. The summed E-state index contributed by atoms with van der Waals surface area (Å²) in [5, 5.41) is 13.3. The molecule has 0 bridgehead atoms. The maximum Gasteiger partial charge on any atom is 0.416 e. The highest BCUT2D eigenvalue weighted by molar-refractivity contribution is 7.10. The zero-order valence-electron chi connectivity index (χ0n) is 19.1. The predicted molar refractivity (Wildman–Crippen MR) is 130 cm³/mol. The van der Waals surface area contributed by atoms with Crippen LogP contribution in [-0.4, -0.2) is 31.0 Å². The molecule has 1 unspecified atom stereocenters. The number of thiophene rings is 1. The number of aryl methyl sites for hydroxylation is 1. The molecule has 3 aromatic rings. The number of methoxy groups -OCH3 is 2. The molecule has 1 amide bonds. The molecule has 1 aromatic heterocycles. The maximum atomic E-state index is 13.4. The lowest BCUT2D eigenvalue weighted by Gasteiger charge is -2.25. The number of alkyl halides is 3. The fraction of sp³-hybridized carbons (Fsp3) is 0.200. The van der Waals surface area contributed by atoms with Crippen molar-refractivity contribution >= 4 is 46.1 Å². The first kappa shape index (κ1) is 25.6. The van der Waals surface area contributed by atoms with Crippen LogP contribution in [0.5, 0.6) is 11.5 Å². The zero-order valence-corrected chi connectivity index (χ0v) is 20.7. The number of aliphatic hydroxyl groups is 1. The van der Waals surface area contributed by atoms with E-state index < -0.39 is 35.2 Å². The number of ketones is 1. The van der Waals surface area contributed by atoms with Crippen LogP contribution in [0.2, 0.25) is 5.02 Å². The summed E-state index contributed by atoms with van der Waals surface area (Å²) in [6.07, 6.45) is -4.66. The number of aliphatic hydroxyl groups excluding tert-OH is 1. The van der Waals surface area contributed by atoms with E-state index in [0.717, 1.165) is 23.1 Å². The molecule has 2 heterocycles. The van der Waals surface area contributed by atoms with E-state index in [9.17, 15) is 27.9 Å². The molecule has 11 heteroatoms. The van der Waals surface area contributed by atoms with Crippen molar-refractivity contribution < 1.29 is 37.3 Å². The number of Topliss-reactive ketones (excluding diaryl/α,β-unsaturated/α-hetero) is 1. The van der Waals surface area contributed by atoms with E-state index in [0.29, 0.717) is 10.4 Å².